The Morgan fingerprint density at radius 3 is 2.40 bits per heavy atom. The van der Waals surface area contributed by atoms with Gasteiger partial charge >= 0.3 is 0 Å². The zero-order valence-electron chi connectivity index (χ0n) is 9.78. The molecule has 0 aromatic heterocycles. The van der Waals surface area contributed by atoms with Crippen LogP contribution in [-0.2, 0) is 0 Å². The lowest BCUT2D eigenvalue weighted by molar-refractivity contribution is 0.114. The number of hydrogen-bond acceptors (Lipinski definition) is 3. The maximum atomic E-state index is 9.40. The first-order chi connectivity index (χ1) is 7.14. The lowest BCUT2D eigenvalue weighted by Crippen LogP contribution is -2.54. The Morgan fingerprint density at radius 1 is 1.33 bits per heavy atom. The highest BCUT2D eigenvalue weighted by atomic mass is 16.3. The van der Waals surface area contributed by atoms with Crippen molar-refractivity contribution in [2.24, 2.45) is 17.6 Å². The largest absolute Gasteiger partial charge is 0.394 e. The third-order valence-corrected chi connectivity index (χ3v) is 4.04. The van der Waals surface area contributed by atoms with Gasteiger partial charge in [-0.15, -0.1) is 0 Å². The van der Waals surface area contributed by atoms with Gasteiger partial charge in [-0.3, -0.25) is 0 Å². The van der Waals surface area contributed by atoms with Gasteiger partial charge in [-0.2, -0.15) is 0 Å². The highest BCUT2D eigenvalue weighted by molar-refractivity contribution is 5.00. The van der Waals surface area contributed by atoms with Gasteiger partial charge in [-0.1, -0.05) is 6.42 Å². The summed E-state index contributed by atoms with van der Waals surface area (Å²) in [7, 11) is 2.14. The topological polar surface area (TPSA) is 49.5 Å². The number of nitrogens with two attached hydrogens (primary N) is 1. The van der Waals surface area contributed by atoms with Gasteiger partial charge in [-0.05, 0) is 44.6 Å². The zero-order chi connectivity index (χ0) is 10.9. The average molecular weight is 212 g/mol. The van der Waals surface area contributed by atoms with Crippen LogP contribution in [0.2, 0.25) is 0 Å². The molecule has 88 valence electrons. The molecule has 15 heavy (non-hydrogen) atoms. The summed E-state index contributed by atoms with van der Waals surface area (Å²) in [5, 5.41) is 9.40. The molecule has 1 unspecified atom stereocenters. The first-order valence-electron chi connectivity index (χ1n) is 6.22. The van der Waals surface area contributed by atoms with Crippen molar-refractivity contribution in [3.63, 3.8) is 0 Å². The number of rotatable bonds is 6. The van der Waals surface area contributed by atoms with Crippen LogP contribution in [0.1, 0.15) is 32.1 Å². The molecule has 3 N–H and O–H groups in total. The molecule has 0 radical (unpaired) electrons. The van der Waals surface area contributed by atoms with E-state index in [1.54, 1.807) is 0 Å². The number of aliphatic hydroxyl groups is 1. The van der Waals surface area contributed by atoms with Crippen molar-refractivity contribution < 1.29 is 5.11 Å². The van der Waals surface area contributed by atoms with Crippen LogP contribution >= 0.6 is 0 Å². The van der Waals surface area contributed by atoms with E-state index >= 15 is 0 Å². The van der Waals surface area contributed by atoms with Crippen molar-refractivity contribution in [2.45, 2.75) is 37.6 Å². The van der Waals surface area contributed by atoms with E-state index in [1.807, 2.05) is 0 Å². The third-order valence-electron chi connectivity index (χ3n) is 4.04. The molecule has 0 saturated heterocycles. The molecule has 1 atom stereocenters. The lowest BCUT2D eigenvalue weighted by Gasteiger charge is -2.36. The van der Waals surface area contributed by atoms with Crippen LogP contribution in [0.25, 0.3) is 0 Å². The summed E-state index contributed by atoms with van der Waals surface area (Å²) >= 11 is 0. The fraction of sp³-hybridized carbons (Fsp3) is 1.00. The first kappa shape index (κ1) is 11.4. The van der Waals surface area contributed by atoms with E-state index in [-0.39, 0.29) is 12.1 Å². The Bertz CT molecular complexity index is 214. The Hall–Kier alpha value is -0.120. The second kappa shape index (κ2) is 4.40. The van der Waals surface area contributed by atoms with E-state index in [9.17, 15) is 5.11 Å². The normalized spacial score (nSPS) is 26.4. The van der Waals surface area contributed by atoms with Crippen LogP contribution in [0, 0.1) is 11.8 Å². The van der Waals surface area contributed by atoms with Crippen molar-refractivity contribution in [2.75, 3.05) is 26.7 Å². The summed E-state index contributed by atoms with van der Waals surface area (Å²) < 4.78 is 0. The van der Waals surface area contributed by atoms with E-state index in [2.05, 4.69) is 11.9 Å². The van der Waals surface area contributed by atoms with Crippen molar-refractivity contribution in [1.82, 2.24) is 4.90 Å². The van der Waals surface area contributed by atoms with Crippen LogP contribution in [0.5, 0.6) is 0 Å². The molecule has 0 aromatic carbocycles. The molecule has 3 nitrogen and oxygen atoms in total. The molecule has 2 rings (SSSR count). The predicted octanol–water partition coefficient (Wildman–Crippen LogP) is 0.818. The average Bonchev–Trinajstić information content (AvgIpc) is 2.94. The van der Waals surface area contributed by atoms with Gasteiger partial charge in [-0.25, -0.2) is 0 Å². The second-order valence-electron chi connectivity index (χ2n) is 5.66. The van der Waals surface area contributed by atoms with Gasteiger partial charge in [0.1, 0.15) is 0 Å². The van der Waals surface area contributed by atoms with E-state index in [0.29, 0.717) is 5.92 Å². The van der Waals surface area contributed by atoms with E-state index in [1.165, 1.54) is 32.1 Å². The summed E-state index contributed by atoms with van der Waals surface area (Å²) in [6.07, 6.45) is 6.56. The minimum absolute atomic E-state index is 0.132. The molecule has 2 aliphatic carbocycles. The number of nitrogens with zero attached hydrogens (tertiary/aromatic N) is 1. The monoisotopic (exact) mass is 212 g/mol. The van der Waals surface area contributed by atoms with Crippen LogP contribution in [0.15, 0.2) is 0 Å². The van der Waals surface area contributed by atoms with Crippen LogP contribution in [0.3, 0.4) is 0 Å². The van der Waals surface area contributed by atoms with E-state index < -0.39 is 0 Å². The molecular formula is C12H24N2O. The van der Waals surface area contributed by atoms with Gasteiger partial charge in [0.15, 0.2) is 0 Å². The Labute approximate surface area is 92.6 Å². The van der Waals surface area contributed by atoms with Crippen molar-refractivity contribution in [3.8, 4) is 0 Å². The Morgan fingerprint density at radius 2 is 2.00 bits per heavy atom. The van der Waals surface area contributed by atoms with Gasteiger partial charge in [0, 0.05) is 13.1 Å². The molecule has 0 bridgehead atoms. The molecular weight excluding hydrogens is 188 g/mol. The highest BCUT2D eigenvalue weighted by Crippen LogP contribution is 2.38. The molecule has 0 heterocycles. The zero-order valence-corrected chi connectivity index (χ0v) is 9.78. The van der Waals surface area contributed by atoms with Crippen LogP contribution in [0.4, 0.5) is 0 Å². The summed E-state index contributed by atoms with van der Waals surface area (Å²) in [5.41, 5.74) is 5.91. The Balaban J connectivity index is 1.77. The fourth-order valence-electron chi connectivity index (χ4n) is 2.65. The SMILES string of the molecule is CN(CC1CCC1)CC(N)(CO)C1CC1. The fourth-order valence-corrected chi connectivity index (χ4v) is 2.65. The van der Waals surface area contributed by atoms with Gasteiger partial charge in [0.25, 0.3) is 0 Å². The van der Waals surface area contributed by atoms with Gasteiger partial charge in [0.2, 0.25) is 0 Å². The van der Waals surface area contributed by atoms with Gasteiger partial charge in [0.05, 0.1) is 12.1 Å². The first-order valence-corrected chi connectivity index (χ1v) is 6.22. The van der Waals surface area contributed by atoms with Crippen LogP contribution < -0.4 is 5.73 Å². The van der Waals surface area contributed by atoms with Crippen molar-refractivity contribution in [1.29, 1.82) is 0 Å². The number of likely N-dealkylation sites (N-methyl/N-ethyl adjacent to an activating group) is 1. The summed E-state index contributed by atoms with van der Waals surface area (Å²) in [6.45, 7) is 2.14. The molecule has 2 fully saturated rings. The predicted molar refractivity (Wildman–Crippen MR) is 61.6 cm³/mol. The summed E-state index contributed by atoms with van der Waals surface area (Å²) in [6, 6.07) is 0. The molecule has 2 aliphatic rings. The summed E-state index contributed by atoms with van der Waals surface area (Å²) in [4.78, 5) is 2.32. The minimum atomic E-state index is -0.335. The smallest absolute Gasteiger partial charge is 0.0626 e. The molecule has 0 aromatic rings. The maximum absolute atomic E-state index is 9.40. The third kappa shape index (κ3) is 2.71. The Kier molecular flexibility index (Phi) is 3.33. The molecule has 2 saturated carbocycles. The highest BCUT2D eigenvalue weighted by Gasteiger charge is 2.42. The second-order valence-corrected chi connectivity index (χ2v) is 5.66. The molecule has 0 aliphatic heterocycles. The van der Waals surface area contributed by atoms with Crippen molar-refractivity contribution >= 4 is 0 Å². The summed E-state index contributed by atoms with van der Waals surface area (Å²) in [5.74, 6) is 1.45. The maximum Gasteiger partial charge on any atom is 0.0626 e. The van der Waals surface area contributed by atoms with Crippen LogP contribution in [-0.4, -0.2) is 42.3 Å². The standard InChI is InChI=1S/C12H24N2O/c1-14(7-10-3-2-4-10)8-12(13,9-15)11-5-6-11/h10-11,15H,2-9,13H2,1H3. The van der Waals surface area contributed by atoms with E-state index in [0.717, 1.165) is 19.0 Å². The van der Waals surface area contributed by atoms with Gasteiger partial charge < -0.3 is 15.7 Å². The minimum Gasteiger partial charge on any atom is -0.394 e. The quantitative estimate of drug-likeness (QED) is 0.685. The molecule has 0 spiro atoms. The van der Waals surface area contributed by atoms with Crippen molar-refractivity contribution in [3.05, 3.63) is 0 Å². The molecule has 0 amide bonds. The lowest BCUT2D eigenvalue weighted by atomic mass is 9.84. The van der Waals surface area contributed by atoms with E-state index in [4.69, 9.17) is 5.73 Å². The number of aliphatic hydroxyl groups excluding tert-OH is 1. The number of hydrogen-bond donors (Lipinski definition) is 2. The molecule has 3 heteroatoms.